The first-order valence-electron chi connectivity index (χ1n) is 7.68. The van der Waals surface area contributed by atoms with Gasteiger partial charge >= 0.3 is 0 Å². The highest BCUT2D eigenvalue weighted by Crippen LogP contribution is 2.29. The Labute approximate surface area is 158 Å². The third-order valence-electron chi connectivity index (χ3n) is 3.42. The summed E-state index contributed by atoms with van der Waals surface area (Å²) < 4.78 is 0.990. The highest BCUT2D eigenvalue weighted by molar-refractivity contribution is 9.10. The van der Waals surface area contributed by atoms with Gasteiger partial charge in [0.15, 0.2) is 0 Å². The molecule has 0 unspecified atom stereocenters. The van der Waals surface area contributed by atoms with Gasteiger partial charge in [-0.3, -0.25) is 9.78 Å². The van der Waals surface area contributed by atoms with Crippen molar-refractivity contribution < 1.29 is 4.79 Å². The lowest BCUT2D eigenvalue weighted by molar-refractivity contribution is -0.118. The summed E-state index contributed by atoms with van der Waals surface area (Å²) in [6.07, 6.45) is 1.63. The molecule has 0 radical (unpaired) electrons. The number of thioether (sulfide) groups is 1. The topological polar surface area (TPSA) is 54.4 Å². The van der Waals surface area contributed by atoms with Crippen LogP contribution < -0.4 is 5.43 Å². The Balaban J connectivity index is 1.65. The van der Waals surface area contributed by atoms with E-state index in [1.165, 1.54) is 11.8 Å². The molecule has 126 valence electrons. The standard InChI is InChI=1S/C19H16BrN3OS/c1-13-9-18(16-10-15(20)7-8-17(16)22-13)25-12-19(24)23-21-11-14-5-3-2-4-6-14/h2-11H,12H2,1H3,(H,23,24). The zero-order valence-electron chi connectivity index (χ0n) is 13.6. The van der Waals surface area contributed by atoms with Crippen LogP contribution in [-0.4, -0.2) is 22.9 Å². The van der Waals surface area contributed by atoms with Crippen molar-refractivity contribution in [3.05, 3.63) is 70.3 Å². The van der Waals surface area contributed by atoms with Gasteiger partial charge in [-0.1, -0.05) is 46.3 Å². The van der Waals surface area contributed by atoms with E-state index in [9.17, 15) is 4.79 Å². The van der Waals surface area contributed by atoms with Gasteiger partial charge < -0.3 is 0 Å². The van der Waals surface area contributed by atoms with Crippen LogP contribution in [0.5, 0.6) is 0 Å². The second kappa shape index (κ2) is 8.27. The average molecular weight is 414 g/mol. The van der Waals surface area contributed by atoms with Crippen LogP contribution in [0.1, 0.15) is 11.3 Å². The zero-order valence-corrected chi connectivity index (χ0v) is 16.0. The highest BCUT2D eigenvalue weighted by atomic mass is 79.9. The number of nitrogens with one attached hydrogen (secondary N) is 1. The largest absolute Gasteiger partial charge is 0.272 e. The van der Waals surface area contributed by atoms with Crippen LogP contribution in [0.15, 0.2) is 69.1 Å². The summed E-state index contributed by atoms with van der Waals surface area (Å²) in [7, 11) is 0. The first-order valence-corrected chi connectivity index (χ1v) is 9.46. The molecule has 0 aliphatic heterocycles. The maximum atomic E-state index is 12.0. The van der Waals surface area contributed by atoms with Crippen molar-refractivity contribution in [2.24, 2.45) is 5.10 Å². The Hall–Kier alpha value is -2.18. The molecule has 0 bridgehead atoms. The molecule has 4 nitrogen and oxygen atoms in total. The summed E-state index contributed by atoms with van der Waals surface area (Å²) in [4.78, 5) is 17.6. The first kappa shape index (κ1) is 17.6. The normalized spacial score (nSPS) is 11.1. The Morgan fingerprint density at radius 2 is 2.04 bits per heavy atom. The van der Waals surface area contributed by atoms with Crippen molar-refractivity contribution in [2.75, 3.05) is 5.75 Å². The molecule has 1 heterocycles. The molecule has 0 aliphatic carbocycles. The van der Waals surface area contributed by atoms with Gasteiger partial charge in [0.05, 0.1) is 17.5 Å². The van der Waals surface area contributed by atoms with Crippen molar-refractivity contribution in [3.63, 3.8) is 0 Å². The van der Waals surface area contributed by atoms with Gasteiger partial charge in [0.1, 0.15) is 0 Å². The number of rotatable bonds is 5. The molecule has 3 aromatic rings. The summed E-state index contributed by atoms with van der Waals surface area (Å²) in [5.74, 6) is 0.145. The SMILES string of the molecule is Cc1cc(SCC(=O)NN=Cc2ccccc2)c2cc(Br)ccc2n1. The van der Waals surface area contributed by atoms with Gasteiger partial charge in [-0.15, -0.1) is 11.8 Å². The minimum Gasteiger partial charge on any atom is -0.272 e. The van der Waals surface area contributed by atoms with Gasteiger partial charge in [-0.2, -0.15) is 5.10 Å². The molecule has 0 atom stereocenters. The van der Waals surface area contributed by atoms with Crippen LogP contribution in [0.4, 0.5) is 0 Å². The number of carbonyl (C=O) groups is 1. The van der Waals surface area contributed by atoms with Crippen LogP contribution in [0.2, 0.25) is 0 Å². The van der Waals surface area contributed by atoms with E-state index in [4.69, 9.17) is 0 Å². The number of fused-ring (bicyclic) bond motifs is 1. The molecule has 0 fully saturated rings. The number of halogens is 1. The maximum Gasteiger partial charge on any atom is 0.250 e. The number of amides is 1. The van der Waals surface area contributed by atoms with Crippen LogP contribution in [0, 0.1) is 6.92 Å². The minimum atomic E-state index is -0.144. The fraction of sp³-hybridized carbons (Fsp3) is 0.105. The van der Waals surface area contributed by atoms with Gasteiger partial charge in [0.2, 0.25) is 5.91 Å². The summed E-state index contributed by atoms with van der Waals surface area (Å²) >= 11 is 4.97. The maximum absolute atomic E-state index is 12.0. The van der Waals surface area contributed by atoms with E-state index < -0.39 is 0 Å². The predicted molar refractivity (Wildman–Crippen MR) is 107 cm³/mol. The Morgan fingerprint density at radius 1 is 1.24 bits per heavy atom. The van der Waals surface area contributed by atoms with Crippen LogP contribution >= 0.6 is 27.7 Å². The van der Waals surface area contributed by atoms with Crippen molar-refractivity contribution in [2.45, 2.75) is 11.8 Å². The zero-order chi connectivity index (χ0) is 17.6. The molecule has 0 aliphatic rings. The van der Waals surface area contributed by atoms with E-state index in [1.807, 2.05) is 61.5 Å². The van der Waals surface area contributed by atoms with Crippen molar-refractivity contribution >= 4 is 50.7 Å². The molecule has 6 heteroatoms. The minimum absolute atomic E-state index is 0.144. The van der Waals surface area contributed by atoms with E-state index >= 15 is 0 Å². The number of nitrogens with zero attached hydrogens (tertiary/aromatic N) is 2. The number of carbonyl (C=O) groups excluding carboxylic acids is 1. The van der Waals surface area contributed by atoms with Gasteiger partial charge in [-0.05, 0) is 36.8 Å². The van der Waals surface area contributed by atoms with E-state index in [0.717, 1.165) is 31.5 Å². The molecular formula is C19H16BrN3OS. The number of hydrazone groups is 1. The Kier molecular flexibility index (Phi) is 5.83. The molecule has 0 spiro atoms. The van der Waals surface area contributed by atoms with Gasteiger partial charge in [0, 0.05) is 20.4 Å². The number of hydrogen-bond acceptors (Lipinski definition) is 4. The number of benzene rings is 2. The lowest BCUT2D eigenvalue weighted by atomic mass is 10.2. The van der Waals surface area contributed by atoms with Crippen molar-refractivity contribution in [3.8, 4) is 0 Å². The molecule has 0 saturated carbocycles. The second-order valence-electron chi connectivity index (χ2n) is 5.42. The molecule has 0 saturated heterocycles. The molecule has 25 heavy (non-hydrogen) atoms. The van der Waals surface area contributed by atoms with Crippen LogP contribution in [0.25, 0.3) is 10.9 Å². The second-order valence-corrected chi connectivity index (χ2v) is 7.35. The predicted octanol–water partition coefficient (Wildman–Crippen LogP) is 4.55. The third kappa shape index (κ3) is 4.90. The Bertz CT molecular complexity index is 929. The summed E-state index contributed by atoms with van der Waals surface area (Å²) in [5.41, 5.74) is 5.36. The van der Waals surface area contributed by atoms with E-state index in [1.54, 1.807) is 6.21 Å². The molecule has 3 rings (SSSR count). The van der Waals surface area contributed by atoms with E-state index in [2.05, 4.69) is 31.4 Å². The quantitative estimate of drug-likeness (QED) is 0.379. The monoisotopic (exact) mass is 413 g/mol. The first-order chi connectivity index (χ1) is 12.1. The lowest BCUT2D eigenvalue weighted by Gasteiger charge is -2.07. The summed E-state index contributed by atoms with van der Waals surface area (Å²) in [6, 6.07) is 17.6. The number of hydrogen-bond donors (Lipinski definition) is 1. The molecule has 1 N–H and O–H groups in total. The van der Waals surface area contributed by atoms with Crippen molar-refractivity contribution in [1.82, 2.24) is 10.4 Å². The molecule has 1 amide bonds. The summed E-state index contributed by atoms with van der Waals surface area (Å²) in [5, 5.41) is 5.02. The van der Waals surface area contributed by atoms with Crippen molar-refractivity contribution in [1.29, 1.82) is 0 Å². The Morgan fingerprint density at radius 3 is 2.84 bits per heavy atom. The van der Waals surface area contributed by atoms with Gasteiger partial charge in [-0.25, -0.2) is 5.43 Å². The molecule has 2 aromatic carbocycles. The third-order valence-corrected chi connectivity index (χ3v) is 4.97. The number of pyridine rings is 1. The average Bonchev–Trinajstić information content (AvgIpc) is 2.61. The molecular weight excluding hydrogens is 398 g/mol. The smallest absolute Gasteiger partial charge is 0.250 e. The summed E-state index contributed by atoms with van der Waals surface area (Å²) in [6.45, 7) is 1.95. The lowest BCUT2D eigenvalue weighted by Crippen LogP contribution is -2.19. The fourth-order valence-corrected chi connectivity index (χ4v) is 3.59. The van der Waals surface area contributed by atoms with Crippen LogP contribution in [-0.2, 0) is 4.79 Å². The van der Waals surface area contributed by atoms with E-state index in [-0.39, 0.29) is 11.7 Å². The number of aryl methyl sites for hydroxylation is 1. The fourth-order valence-electron chi connectivity index (χ4n) is 2.31. The van der Waals surface area contributed by atoms with Gasteiger partial charge in [0.25, 0.3) is 0 Å². The van der Waals surface area contributed by atoms with Crippen LogP contribution in [0.3, 0.4) is 0 Å². The highest BCUT2D eigenvalue weighted by Gasteiger charge is 2.08. The number of aromatic nitrogens is 1. The molecule has 1 aromatic heterocycles. The van der Waals surface area contributed by atoms with E-state index in [0.29, 0.717) is 0 Å².